The minimum atomic E-state index is -2.67. The molecule has 1 rings (SSSR count). The summed E-state index contributed by atoms with van der Waals surface area (Å²) in [5.74, 6) is -2.67. The van der Waals surface area contributed by atoms with Crippen LogP contribution >= 0.6 is 0 Å². The molecule has 0 saturated heterocycles. The molecule has 0 bridgehead atoms. The molecule has 1 saturated carbocycles. The largest absolute Gasteiger partial charge is 0.446 e. The van der Waals surface area contributed by atoms with Crippen LogP contribution in [0.3, 0.4) is 0 Å². The number of ether oxygens (including phenoxy) is 1. The first-order chi connectivity index (χ1) is 6.68. The maximum Gasteiger partial charge on any atom is 0.407 e. The minimum Gasteiger partial charge on any atom is -0.446 e. The van der Waals surface area contributed by atoms with Crippen molar-refractivity contribution in [3.05, 3.63) is 0 Å². The molecule has 1 aliphatic carbocycles. The Hall–Kier alpha value is -0.870. The van der Waals surface area contributed by atoms with Crippen molar-refractivity contribution in [2.75, 3.05) is 0 Å². The molecular weight excluding hydrogens is 204 g/mol. The number of amides is 1. The van der Waals surface area contributed by atoms with Gasteiger partial charge >= 0.3 is 6.09 Å². The average molecular weight is 221 g/mol. The predicted molar refractivity (Wildman–Crippen MR) is 52.0 cm³/mol. The van der Waals surface area contributed by atoms with Crippen molar-refractivity contribution in [3.63, 3.8) is 0 Å². The summed E-state index contributed by atoms with van der Waals surface area (Å²) in [6.07, 6.45) is -1.58. The molecule has 5 heteroatoms. The SMILES string of the molecule is CC(C)(C)NC(=O)OC1CCC(F)(F)C1. The van der Waals surface area contributed by atoms with Crippen LogP contribution in [0.15, 0.2) is 0 Å². The number of halogens is 2. The van der Waals surface area contributed by atoms with Crippen molar-refractivity contribution >= 4 is 6.09 Å². The summed E-state index contributed by atoms with van der Waals surface area (Å²) in [4.78, 5) is 11.2. The Morgan fingerprint density at radius 1 is 1.47 bits per heavy atom. The Morgan fingerprint density at radius 3 is 2.47 bits per heavy atom. The Kier molecular flexibility index (Phi) is 3.21. The number of alkyl halides is 2. The maximum atomic E-state index is 12.8. The van der Waals surface area contributed by atoms with E-state index in [0.29, 0.717) is 0 Å². The molecule has 1 fully saturated rings. The van der Waals surface area contributed by atoms with Crippen molar-refractivity contribution in [1.29, 1.82) is 0 Å². The molecule has 15 heavy (non-hydrogen) atoms. The van der Waals surface area contributed by atoms with Crippen molar-refractivity contribution in [2.45, 2.75) is 57.6 Å². The first kappa shape index (κ1) is 12.2. The molecule has 0 heterocycles. The molecular formula is C10H17F2NO2. The van der Waals surface area contributed by atoms with Gasteiger partial charge in [0.25, 0.3) is 5.92 Å². The zero-order valence-electron chi connectivity index (χ0n) is 9.27. The lowest BCUT2D eigenvalue weighted by molar-refractivity contribution is -0.00649. The predicted octanol–water partition coefficient (Wildman–Crippen LogP) is 2.70. The summed E-state index contributed by atoms with van der Waals surface area (Å²) in [7, 11) is 0. The second kappa shape index (κ2) is 3.94. The first-order valence-electron chi connectivity index (χ1n) is 5.05. The molecule has 0 radical (unpaired) electrons. The minimum absolute atomic E-state index is 0.194. The van der Waals surface area contributed by atoms with Gasteiger partial charge in [-0.15, -0.1) is 0 Å². The van der Waals surface area contributed by atoms with E-state index < -0.39 is 23.7 Å². The van der Waals surface area contributed by atoms with E-state index in [1.165, 1.54) is 0 Å². The number of rotatable bonds is 1. The van der Waals surface area contributed by atoms with Gasteiger partial charge in [0.15, 0.2) is 0 Å². The lowest BCUT2D eigenvalue weighted by Gasteiger charge is -2.21. The zero-order chi connectivity index (χ0) is 11.7. The van der Waals surface area contributed by atoms with Gasteiger partial charge in [0, 0.05) is 18.4 Å². The van der Waals surface area contributed by atoms with Gasteiger partial charge in [0.1, 0.15) is 6.10 Å². The number of carbonyl (C=O) groups excluding carboxylic acids is 1. The summed E-state index contributed by atoms with van der Waals surface area (Å²) in [6.45, 7) is 5.41. The molecule has 1 unspecified atom stereocenters. The molecule has 3 nitrogen and oxygen atoms in total. The van der Waals surface area contributed by atoms with Crippen LogP contribution in [-0.4, -0.2) is 23.7 Å². The van der Waals surface area contributed by atoms with E-state index >= 15 is 0 Å². The van der Waals surface area contributed by atoms with Crippen LogP contribution in [0.25, 0.3) is 0 Å². The Bertz CT molecular complexity index is 248. The van der Waals surface area contributed by atoms with E-state index in [4.69, 9.17) is 4.74 Å². The quantitative estimate of drug-likeness (QED) is 0.739. The fraction of sp³-hybridized carbons (Fsp3) is 0.900. The highest BCUT2D eigenvalue weighted by Crippen LogP contribution is 2.36. The number of carbonyl (C=O) groups is 1. The summed E-state index contributed by atoms with van der Waals surface area (Å²) < 4.78 is 30.4. The summed E-state index contributed by atoms with van der Waals surface area (Å²) >= 11 is 0. The average Bonchev–Trinajstić information content (AvgIpc) is 2.25. The van der Waals surface area contributed by atoms with Crippen LogP contribution in [0.1, 0.15) is 40.0 Å². The molecule has 0 aromatic heterocycles. The zero-order valence-corrected chi connectivity index (χ0v) is 9.27. The second-order valence-corrected chi connectivity index (χ2v) is 5.00. The first-order valence-corrected chi connectivity index (χ1v) is 5.05. The lowest BCUT2D eigenvalue weighted by Crippen LogP contribution is -2.42. The molecule has 0 aliphatic heterocycles. The Balaban J connectivity index is 2.34. The van der Waals surface area contributed by atoms with E-state index in [1.807, 2.05) is 0 Å². The van der Waals surface area contributed by atoms with Crippen molar-refractivity contribution in [2.24, 2.45) is 0 Å². The fourth-order valence-corrected chi connectivity index (χ4v) is 1.50. The van der Waals surface area contributed by atoms with Gasteiger partial charge in [-0.3, -0.25) is 0 Å². The number of alkyl carbamates (subject to hydrolysis) is 1. The molecule has 0 aromatic rings. The number of nitrogens with one attached hydrogen (secondary N) is 1. The topological polar surface area (TPSA) is 38.3 Å². The van der Waals surface area contributed by atoms with Gasteiger partial charge in [-0.1, -0.05) is 0 Å². The van der Waals surface area contributed by atoms with E-state index in [1.54, 1.807) is 20.8 Å². The molecule has 0 spiro atoms. The van der Waals surface area contributed by atoms with Crippen LogP contribution in [0.4, 0.5) is 13.6 Å². The van der Waals surface area contributed by atoms with Crippen LogP contribution in [0.2, 0.25) is 0 Å². The fourth-order valence-electron chi connectivity index (χ4n) is 1.50. The van der Waals surface area contributed by atoms with Crippen LogP contribution in [0.5, 0.6) is 0 Å². The van der Waals surface area contributed by atoms with E-state index in [-0.39, 0.29) is 19.3 Å². The van der Waals surface area contributed by atoms with E-state index in [0.717, 1.165) is 0 Å². The lowest BCUT2D eigenvalue weighted by atomic mass is 10.1. The molecule has 1 N–H and O–H groups in total. The van der Waals surface area contributed by atoms with Crippen molar-refractivity contribution in [1.82, 2.24) is 5.32 Å². The molecule has 0 aromatic carbocycles. The van der Waals surface area contributed by atoms with Crippen LogP contribution in [-0.2, 0) is 4.74 Å². The van der Waals surface area contributed by atoms with Gasteiger partial charge in [0.05, 0.1) is 0 Å². The summed E-state index contributed by atoms with van der Waals surface area (Å²) in [6, 6.07) is 0. The standard InChI is InChI=1S/C10H17F2NO2/c1-9(2,3)13-8(14)15-7-4-5-10(11,12)6-7/h7H,4-6H2,1-3H3,(H,13,14). The highest BCUT2D eigenvalue weighted by Gasteiger charge is 2.41. The molecule has 1 amide bonds. The number of hydrogen-bond donors (Lipinski definition) is 1. The monoisotopic (exact) mass is 221 g/mol. The van der Waals surface area contributed by atoms with Gasteiger partial charge in [0.2, 0.25) is 0 Å². The smallest absolute Gasteiger partial charge is 0.407 e. The highest BCUT2D eigenvalue weighted by molar-refractivity contribution is 5.68. The normalized spacial score (nSPS) is 25.0. The van der Waals surface area contributed by atoms with E-state index in [2.05, 4.69) is 5.32 Å². The molecule has 88 valence electrons. The molecule has 1 aliphatic rings. The van der Waals surface area contributed by atoms with Gasteiger partial charge in [-0.05, 0) is 27.2 Å². The third-order valence-corrected chi connectivity index (χ3v) is 2.11. The Labute approximate surface area is 88.2 Å². The van der Waals surface area contributed by atoms with Crippen LogP contribution in [0, 0.1) is 0 Å². The van der Waals surface area contributed by atoms with E-state index in [9.17, 15) is 13.6 Å². The van der Waals surface area contributed by atoms with Crippen LogP contribution < -0.4 is 5.32 Å². The third kappa shape index (κ3) is 4.44. The second-order valence-electron chi connectivity index (χ2n) is 5.00. The Morgan fingerprint density at radius 2 is 2.07 bits per heavy atom. The molecule has 1 atom stereocenters. The number of hydrogen-bond acceptors (Lipinski definition) is 2. The summed E-state index contributed by atoms with van der Waals surface area (Å²) in [5.41, 5.74) is -0.405. The maximum absolute atomic E-state index is 12.8. The van der Waals surface area contributed by atoms with Gasteiger partial charge < -0.3 is 10.1 Å². The highest BCUT2D eigenvalue weighted by atomic mass is 19.3. The van der Waals surface area contributed by atoms with Gasteiger partial charge in [-0.2, -0.15) is 0 Å². The third-order valence-electron chi connectivity index (χ3n) is 2.11. The summed E-state index contributed by atoms with van der Waals surface area (Å²) in [5, 5.41) is 2.57. The van der Waals surface area contributed by atoms with Gasteiger partial charge in [-0.25, -0.2) is 13.6 Å². The van der Waals surface area contributed by atoms with Crippen molar-refractivity contribution in [3.8, 4) is 0 Å². The van der Waals surface area contributed by atoms with Crippen molar-refractivity contribution < 1.29 is 18.3 Å².